The summed E-state index contributed by atoms with van der Waals surface area (Å²) in [5.74, 6) is 0.263. The molecule has 0 aliphatic heterocycles. The van der Waals surface area contributed by atoms with Gasteiger partial charge in [-0.25, -0.2) is 0 Å². The van der Waals surface area contributed by atoms with E-state index in [1.807, 2.05) is 76.2 Å². The molecule has 1 amide bonds. The number of amides is 1. The van der Waals surface area contributed by atoms with Crippen molar-refractivity contribution in [3.8, 4) is 22.8 Å². The van der Waals surface area contributed by atoms with E-state index in [1.54, 1.807) is 6.92 Å². The number of hydrogen-bond acceptors (Lipinski definition) is 5. The van der Waals surface area contributed by atoms with Crippen molar-refractivity contribution in [1.82, 2.24) is 14.7 Å². The first-order valence-electron chi connectivity index (χ1n) is 10.7. The third-order valence-corrected chi connectivity index (χ3v) is 5.70. The normalized spacial score (nSPS) is 10.9. The number of nitrogens with one attached hydrogen (secondary N) is 1. The number of aromatic nitrogens is 3. The number of rotatable bonds is 5. The lowest BCUT2D eigenvalue weighted by molar-refractivity contribution is -0.116. The smallest absolute Gasteiger partial charge is 0.264 e. The van der Waals surface area contributed by atoms with Crippen LogP contribution in [0.2, 0.25) is 0 Å². The molecule has 0 spiro atoms. The summed E-state index contributed by atoms with van der Waals surface area (Å²) in [6, 6.07) is 15.4. The maximum Gasteiger partial charge on any atom is 0.264 e. The fourth-order valence-electron chi connectivity index (χ4n) is 3.86. The Labute approximate surface area is 192 Å². The summed E-state index contributed by atoms with van der Waals surface area (Å²) in [7, 11) is 0. The van der Waals surface area contributed by atoms with Crippen molar-refractivity contribution in [3.05, 3.63) is 86.8 Å². The number of pyridine rings is 1. The number of benzene rings is 2. The van der Waals surface area contributed by atoms with E-state index in [1.165, 1.54) is 4.57 Å². The predicted molar refractivity (Wildman–Crippen MR) is 128 cm³/mol. The summed E-state index contributed by atoms with van der Waals surface area (Å²) in [4.78, 5) is 30.6. The number of nitrogens with zero attached hydrogens (tertiary/aromatic N) is 3. The van der Waals surface area contributed by atoms with Crippen LogP contribution in [0.5, 0.6) is 0 Å². The summed E-state index contributed by atoms with van der Waals surface area (Å²) >= 11 is 0. The Morgan fingerprint density at radius 3 is 2.30 bits per heavy atom. The third kappa shape index (κ3) is 4.48. The minimum absolute atomic E-state index is 0.120. The first kappa shape index (κ1) is 22.2. The molecule has 0 atom stereocenters. The van der Waals surface area contributed by atoms with Gasteiger partial charge in [0.15, 0.2) is 0 Å². The third-order valence-electron chi connectivity index (χ3n) is 5.70. The van der Waals surface area contributed by atoms with Gasteiger partial charge in [-0.1, -0.05) is 53.2 Å². The fourth-order valence-corrected chi connectivity index (χ4v) is 3.86. The molecule has 0 saturated heterocycles. The molecule has 4 aromatic rings. The number of carbonyl (C=O) groups is 1. The number of para-hydroxylation sites is 1. The summed E-state index contributed by atoms with van der Waals surface area (Å²) in [6.07, 6.45) is 0. The highest BCUT2D eigenvalue weighted by molar-refractivity contribution is 5.92. The highest BCUT2D eigenvalue weighted by Gasteiger charge is 2.20. The number of anilines is 1. The molecule has 0 aliphatic carbocycles. The molecule has 2 heterocycles. The summed E-state index contributed by atoms with van der Waals surface area (Å²) in [6.45, 7) is 9.37. The maximum absolute atomic E-state index is 13.4. The summed E-state index contributed by atoms with van der Waals surface area (Å²) < 4.78 is 6.88. The van der Waals surface area contributed by atoms with E-state index >= 15 is 0 Å². The van der Waals surface area contributed by atoms with E-state index < -0.39 is 0 Å². The molecule has 7 nitrogen and oxygen atoms in total. The first-order valence-corrected chi connectivity index (χ1v) is 10.7. The van der Waals surface area contributed by atoms with Crippen LogP contribution in [0, 0.1) is 34.6 Å². The Balaban J connectivity index is 1.66. The lowest BCUT2D eigenvalue weighted by Crippen LogP contribution is -2.31. The highest BCUT2D eigenvalue weighted by Crippen LogP contribution is 2.24. The highest BCUT2D eigenvalue weighted by atomic mass is 16.5. The molecule has 0 bridgehead atoms. The van der Waals surface area contributed by atoms with Gasteiger partial charge in [-0.15, -0.1) is 0 Å². The first-order chi connectivity index (χ1) is 15.7. The topological polar surface area (TPSA) is 90.0 Å². The molecule has 0 fully saturated rings. The van der Waals surface area contributed by atoms with Gasteiger partial charge in [-0.3, -0.25) is 9.59 Å². The second-order valence-electron chi connectivity index (χ2n) is 8.34. The molecule has 7 heteroatoms. The van der Waals surface area contributed by atoms with Gasteiger partial charge in [0.1, 0.15) is 12.1 Å². The second kappa shape index (κ2) is 8.86. The number of hydrogen-bond donors (Lipinski definition) is 1. The molecular formula is C26H26N4O3. The average Bonchev–Trinajstić information content (AvgIpc) is 3.24. The molecule has 0 radical (unpaired) electrons. The number of aryl methyl sites for hydroxylation is 5. The minimum atomic E-state index is -0.344. The molecule has 2 aromatic carbocycles. The summed E-state index contributed by atoms with van der Waals surface area (Å²) in [5.41, 5.74) is 5.96. The zero-order valence-corrected chi connectivity index (χ0v) is 19.4. The van der Waals surface area contributed by atoms with E-state index in [0.717, 1.165) is 27.9 Å². The molecule has 1 N–H and O–H groups in total. The van der Waals surface area contributed by atoms with Crippen LogP contribution in [0.3, 0.4) is 0 Å². The van der Waals surface area contributed by atoms with Gasteiger partial charge in [0, 0.05) is 16.9 Å². The minimum Gasteiger partial charge on any atom is -0.333 e. The monoisotopic (exact) mass is 442 g/mol. The Morgan fingerprint density at radius 2 is 1.64 bits per heavy atom. The maximum atomic E-state index is 13.4. The van der Waals surface area contributed by atoms with Crippen LogP contribution >= 0.6 is 0 Å². The standard InChI is InChI=1S/C26H26N4O3/c1-15-9-11-20(12-10-15)24-28-25(33-29-24)22-18(4)13-19(5)30(26(22)32)14-21(31)27-23-16(2)7-6-8-17(23)3/h6-13H,14H2,1-5H3,(H,27,31). The average molecular weight is 443 g/mol. The van der Waals surface area contributed by atoms with Crippen molar-refractivity contribution in [2.75, 3.05) is 5.32 Å². The van der Waals surface area contributed by atoms with Gasteiger partial charge in [-0.05, 0) is 57.4 Å². The van der Waals surface area contributed by atoms with Crippen LogP contribution in [-0.2, 0) is 11.3 Å². The molecule has 0 aliphatic rings. The van der Waals surface area contributed by atoms with Crippen LogP contribution < -0.4 is 10.9 Å². The second-order valence-corrected chi connectivity index (χ2v) is 8.34. The van der Waals surface area contributed by atoms with E-state index in [2.05, 4.69) is 15.5 Å². The lowest BCUT2D eigenvalue weighted by Gasteiger charge is -2.15. The van der Waals surface area contributed by atoms with Gasteiger partial charge >= 0.3 is 0 Å². The van der Waals surface area contributed by atoms with Crippen molar-refractivity contribution < 1.29 is 9.32 Å². The van der Waals surface area contributed by atoms with Crippen LogP contribution in [0.1, 0.15) is 27.9 Å². The molecule has 0 unspecified atom stereocenters. The van der Waals surface area contributed by atoms with Crippen LogP contribution in [0.25, 0.3) is 22.8 Å². The van der Waals surface area contributed by atoms with Gasteiger partial charge < -0.3 is 14.4 Å². The largest absolute Gasteiger partial charge is 0.333 e. The molecule has 168 valence electrons. The van der Waals surface area contributed by atoms with Crippen molar-refractivity contribution in [2.24, 2.45) is 0 Å². The molecule has 33 heavy (non-hydrogen) atoms. The number of carbonyl (C=O) groups excluding carboxylic acids is 1. The predicted octanol–water partition coefficient (Wildman–Crippen LogP) is 4.75. The SMILES string of the molecule is Cc1ccc(-c2noc(-c3c(C)cc(C)n(CC(=O)Nc4c(C)cccc4C)c3=O)n2)cc1. The Bertz CT molecular complexity index is 1380. The zero-order chi connectivity index (χ0) is 23.7. The Hall–Kier alpha value is -4.00. The van der Waals surface area contributed by atoms with Crippen molar-refractivity contribution in [2.45, 2.75) is 41.2 Å². The molecule has 2 aromatic heterocycles. The van der Waals surface area contributed by atoms with Crippen molar-refractivity contribution >= 4 is 11.6 Å². The van der Waals surface area contributed by atoms with E-state index in [9.17, 15) is 9.59 Å². The van der Waals surface area contributed by atoms with Gasteiger partial charge in [0.2, 0.25) is 11.7 Å². The van der Waals surface area contributed by atoms with E-state index in [-0.39, 0.29) is 23.9 Å². The van der Waals surface area contributed by atoms with Crippen molar-refractivity contribution in [3.63, 3.8) is 0 Å². The zero-order valence-electron chi connectivity index (χ0n) is 19.4. The lowest BCUT2D eigenvalue weighted by atomic mass is 10.1. The van der Waals surface area contributed by atoms with Crippen LogP contribution in [0.4, 0.5) is 5.69 Å². The van der Waals surface area contributed by atoms with Crippen LogP contribution in [-0.4, -0.2) is 20.6 Å². The fraction of sp³-hybridized carbons (Fsp3) is 0.231. The summed E-state index contributed by atoms with van der Waals surface area (Å²) in [5, 5.41) is 6.98. The molecule has 4 rings (SSSR count). The van der Waals surface area contributed by atoms with Gasteiger partial charge in [0.25, 0.3) is 11.4 Å². The van der Waals surface area contributed by atoms with E-state index in [4.69, 9.17) is 4.52 Å². The van der Waals surface area contributed by atoms with E-state index in [0.29, 0.717) is 22.6 Å². The Morgan fingerprint density at radius 1 is 0.970 bits per heavy atom. The molecular weight excluding hydrogens is 416 g/mol. The molecule has 0 saturated carbocycles. The van der Waals surface area contributed by atoms with Gasteiger partial charge in [-0.2, -0.15) is 4.98 Å². The van der Waals surface area contributed by atoms with Gasteiger partial charge in [0.05, 0.1) is 0 Å². The van der Waals surface area contributed by atoms with Crippen LogP contribution in [0.15, 0.2) is 57.8 Å². The van der Waals surface area contributed by atoms with Crippen molar-refractivity contribution in [1.29, 1.82) is 0 Å². The quantitative estimate of drug-likeness (QED) is 0.482. The Kier molecular flexibility index (Phi) is 5.96.